The molecule has 2 saturated heterocycles. The van der Waals surface area contributed by atoms with Gasteiger partial charge in [-0.2, -0.15) is 0 Å². The van der Waals surface area contributed by atoms with Crippen LogP contribution in [0.25, 0.3) is 0 Å². The maximum absolute atomic E-state index is 12.8. The van der Waals surface area contributed by atoms with E-state index in [1.54, 1.807) is 0 Å². The number of carbonyl (C=O) groups excluding carboxylic acids is 1. The highest BCUT2D eigenvalue weighted by atomic mass is 35.5. The molecular formula is C17H30ClN5O. The second-order valence-electron chi connectivity index (χ2n) is 7.32. The van der Waals surface area contributed by atoms with Crippen molar-refractivity contribution in [2.75, 3.05) is 26.2 Å². The molecular weight excluding hydrogens is 326 g/mol. The zero-order valence-corrected chi connectivity index (χ0v) is 15.8. The van der Waals surface area contributed by atoms with Crippen molar-refractivity contribution in [2.24, 2.45) is 11.8 Å². The summed E-state index contributed by atoms with van der Waals surface area (Å²) in [5, 5.41) is 11.9. The van der Waals surface area contributed by atoms with Gasteiger partial charge in [-0.3, -0.25) is 4.79 Å². The molecule has 3 rings (SSSR count). The molecule has 3 heterocycles. The first-order valence-corrected chi connectivity index (χ1v) is 8.99. The summed E-state index contributed by atoms with van der Waals surface area (Å²) < 4.78 is 1.97. The van der Waals surface area contributed by atoms with Gasteiger partial charge in [0.15, 0.2) is 5.69 Å². The number of nitrogens with zero attached hydrogens (tertiary/aromatic N) is 4. The van der Waals surface area contributed by atoms with Crippen LogP contribution >= 0.6 is 12.4 Å². The van der Waals surface area contributed by atoms with Crippen LogP contribution in [0.2, 0.25) is 0 Å². The lowest BCUT2D eigenvalue weighted by Gasteiger charge is -2.33. The molecule has 24 heavy (non-hydrogen) atoms. The molecule has 0 atom stereocenters. The Bertz CT molecular complexity index is 545. The SMILES string of the molecule is Cc1c(C(=O)N2CCC(C(C)C)CC2)nnn1C1CCNCC1.Cl. The monoisotopic (exact) mass is 355 g/mol. The predicted molar refractivity (Wildman–Crippen MR) is 96.6 cm³/mol. The van der Waals surface area contributed by atoms with Crippen molar-refractivity contribution in [3.05, 3.63) is 11.4 Å². The fraction of sp³-hybridized carbons (Fsp3) is 0.824. The largest absolute Gasteiger partial charge is 0.337 e. The lowest BCUT2D eigenvalue weighted by Crippen LogP contribution is -2.40. The van der Waals surface area contributed by atoms with E-state index in [-0.39, 0.29) is 18.3 Å². The van der Waals surface area contributed by atoms with Gasteiger partial charge in [0.1, 0.15) is 0 Å². The smallest absolute Gasteiger partial charge is 0.276 e. The topological polar surface area (TPSA) is 63.1 Å². The zero-order valence-electron chi connectivity index (χ0n) is 15.0. The summed E-state index contributed by atoms with van der Waals surface area (Å²) >= 11 is 0. The number of nitrogens with one attached hydrogen (secondary N) is 1. The third-order valence-electron chi connectivity index (χ3n) is 5.55. The highest BCUT2D eigenvalue weighted by Crippen LogP contribution is 2.26. The Morgan fingerprint density at radius 2 is 1.79 bits per heavy atom. The van der Waals surface area contributed by atoms with Gasteiger partial charge in [-0.15, -0.1) is 17.5 Å². The van der Waals surface area contributed by atoms with Crippen molar-refractivity contribution >= 4 is 18.3 Å². The average molecular weight is 356 g/mol. The normalized spacial score (nSPS) is 20.2. The van der Waals surface area contributed by atoms with E-state index >= 15 is 0 Å². The van der Waals surface area contributed by atoms with Crippen LogP contribution in [0.1, 0.15) is 61.8 Å². The van der Waals surface area contributed by atoms with Crippen molar-refractivity contribution < 1.29 is 4.79 Å². The van der Waals surface area contributed by atoms with E-state index in [0.717, 1.165) is 63.5 Å². The molecule has 6 nitrogen and oxygen atoms in total. The van der Waals surface area contributed by atoms with Gasteiger partial charge in [0, 0.05) is 13.1 Å². The molecule has 1 N–H and O–H groups in total. The number of rotatable bonds is 3. The number of amides is 1. The molecule has 1 aromatic rings. The summed E-state index contributed by atoms with van der Waals surface area (Å²) in [6.07, 6.45) is 4.31. The molecule has 0 spiro atoms. The third kappa shape index (κ3) is 3.91. The van der Waals surface area contributed by atoms with Crippen molar-refractivity contribution in [3.8, 4) is 0 Å². The Hall–Kier alpha value is -1.14. The Kier molecular flexibility index (Phi) is 6.63. The van der Waals surface area contributed by atoms with Gasteiger partial charge < -0.3 is 10.2 Å². The van der Waals surface area contributed by atoms with Crippen LogP contribution < -0.4 is 5.32 Å². The molecule has 2 fully saturated rings. The number of halogens is 1. The number of likely N-dealkylation sites (tertiary alicyclic amines) is 1. The first kappa shape index (κ1) is 19.2. The van der Waals surface area contributed by atoms with Crippen molar-refractivity contribution in [2.45, 2.75) is 52.5 Å². The lowest BCUT2D eigenvalue weighted by molar-refractivity contribution is 0.0661. The van der Waals surface area contributed by atoms with Crippen LogP contribution in [-0.2, 0) is 0 Å². The van der Waals surface area contributed by atoms with E-state index in [0.29, 0.717) is 17.7 Å². The second-order valence-corrected chi connectivity index (χ2v) is 7.32. The molecule has 0 aromatic carbocycles. The van der Waals surface area contributed by atoms with Gasteiger partial charge in [-0.25, -0.2) is 4.68 Å². The van der Waals surface area contributed by atoms with Crippen molar-refractivity contribution in [1.29, 1.82) is 0 Å². The Morgan fingerprint density at radius 3 is 2.38 bits per heavy atom. The van der Waals surface area contributed by atoms with E-state index < -0.39 is 0 Å². The highest BCUT2D eigenvalue weighted by molar-refractivity contribution is 5.93. The maximum atomic E-state index is 12.8. The first-order chi connectivity index (χ1) is 11.1. The maximum Gasteiger partial charge on any atom is 0.276 e. The zero-order chi connectivity index (χ0) is 16.4. The van der Waals surface area contributed by atoms with Gasteiger partial charge in [-0.05, 0) is 57.5 Å². The van der Waals surface area contributed by atoms with Gasteiger partial charge in [0.25, 0.3) is 5.91 Å². The van der Waals surface area contributed by atoms with Crippen molar-refractivity contribution in [3.63, 3.8) is 0 Å². The van der Waals surface area contributed by atoms with Gasteiger partial charge >= 0.3 is 0 Å². The van der Waals surface area contributed by atoms with Crippen LogP contribution in [0, 0.1) is 18.8 Å². The van der Waals surface area contributed by atoms with E-state index in [4.69, 9.17) is 0 Å². The van der Waals surface area contributed by atoms with Crippen LogP contribution in [0.4, 0.5) is 0 Å². The predicted octanol–water partition coefficient (Wildman–Crippen LogP) is 2.44. The molecule has 1 amide bonds. The number of carbonyl (C=O) groups is 1. The molecule has 0 aliphatic carbocycles. The van der Waals surface area contributed by atoms with Crippen LogP contribution in [0.15, 0.2) is 0 Å². The van der Waals surface area contributed by atoms with Gasteiger partial charge in [0.05, 0.1) is 11.7 Å². The number of hydrogen-bond donors (Lipinski definition) is 1. The molecule has 2 aliphatic rings. The molecule has 136 valence electrons. The highest BCUT2D eigenvalue weighted by Gasteiger charge is 2.29. The van der Waals surface area contributed by atoms with E-state index in [2.05, 4.69) is 29.5 Å². The Morgan fingerprint density at radius 1 is 1.17 bits per heavy atom. The quantitative estimate of drug-likeness (QED) is 0.904. The summed E-state index contributed by atoms with van der Waals surface area (Å²) in [5.41, 5.74) is 1.47. The fourth-order valence-corrected chi connectivity index (χ4v) is 3.86. The van der Waals surface area contributed by atoms with Crippen LogP contribution in [0.5, 0.6) is 0 Å². The summed E-state index contributed by atoms with van der Waals surface area (Å²) in [5.74, 6) is 1.50. The lowest BCUT2D eigenvalue weighted by atomic mass is 9.86. The molecule has 7 heteroatoms. The summed E-state index contributed by atoms with van der Waals surface area (Å²) in [6.45, 7) is 10.2. The Labute approximate surface area is 150 Å². The van der Waals surface area contributed by atoms with Gasteiger partial charge in [0.2, 0.25) is 0 Å². The number of piperidine rings is 2. The molecule has 0 saturated carbocycles. The van der Waals surface area contributed by atoms with E-state index in [9.17, 15) is 4.79 Å². The number of aromatic nitrogens is 3. The van der Waals surface area contributed by atoms with Gasteiger partial charge in [-0.1, -0.05) is 19.1 Å². The van der Waals surface area contributed by atoms with Crippen LogP contribution in [0.3, 0.4) is 0 Å². The second kappa shape index (κ2) is 8.30. The summed E-state index contributed by atoms with van der Waals surface area (Å²) in [6, 6.07) is 0.372. The average Bonchev–Trinajstić information content (AvgIpc) is 2.96. The molecule has 1 aromatic heterocycles. The number of hydrogen-bond acceptors (Lipinski definition) is 4. The molecule has 2 aliphatic heterocycles. The molecule has 0 radical (unpaired) electrons. The minimum atomic E-state index is 0. The van der Waals surface area contributed by atoms with Crippen molar-refractivity contribution in [1.82, 2.24) is 25.2 Å². The summed E-state index contributed by atoms with van der Waals surface area (Å²) in [7, 11) is 0. The first-order valence-electron chi connectivity index (χ1n) is 8.99. The summed E-state index contributed by atoms with van der Waals surface area (Å²) in [4.78, 5) is 14.8. The van der Waals surface area contributed by atoms with E-state index in [1.165, 1.54) is 0 Å². The third-order valence-corrected chi connectivity index (χ3v) is 5.55. The minimum absolute atomic E-state index is 0. The Balaban J connectivity index is 0.00000208. The molecule has 0 unspecified atom stereocenters. The fourth-order valence-electron chi connectivity index (χ4n) is 3.86. The standard InChI is InChI=1S/C17H29N5O.ClH/c1-12(2)14-6-10-21(11-7-14)17(23)16-13(3)22(20-19-16)15-4-8-18-9-5-15;/h12,14-15,18H,4-11H2,1-3H3;1H. The minimum Gasteiger partial charge on any atom is -0.337 e. The van der Waals surface area contributed by atoms with Crippen LogP contribution in [-0.4, -0.2) is 52.0 Å². The molecule has 0 bridgehead atoms. The van der Waals surface area contributed by atoms with E-state index in [1.807, 2.05) is 16.5 Å².